The smallest absolute Gasteiger partial charge is 0.410 e. The molecule has 0 unspecified atom stereocenters. The second kappa shape index (κ2) is 13.2. The summed E-state index contributed by atoms with van der Waals surface area (Å²) in [4.78, 5) is 47.0. The van der Waals surface area contributed by atoms with Crippen molar-refractivity contribution >= 4 is 34.6 Å². The number of carbonyl (C=O) groups is 2. The summed E-state index contributed by atoms with van der Waals surface area (Å²) in [5, 5.41) is 11.9. The maximum Gasteiger partial charge on any atom is 0.410 e. The first-order valence-corrected chi connectivity index (χ1v) is 16.5. The second-order valence-corrected chi connectivity index (χ2v) is 14.1. The van der Waals surface area contributed by atoms with Crippen molar-refractivity contribution in [2.24, 2.45) is 0 Å². The first-order valence-electron chi connectivity index (χ1n) is 16.1. The highest BCUT2D eigenvalue weighted by atomic mass is 35.5. The lowest BCUT2D eigenvalue weighted by molar-refractivity contribution is -0.0644. The summed E-state index contributed by atoms with van der Waals surface area (Å²) in [5.41, 5.74) is -0.946. The minimum Gasteiger partial charge on any atom is -0.444 e. The number of aromatic nitrogens is 3. The van der Waals surface area contributed by atoms with Crippen LogP contribution in [0.25, 0.3) is 16.7 Å². The van der Waals surface area contributed by atoms with E-state index in [2.05, 4.69) is 4.98 Å². The van der Waals surface area contributed by atoms with Crippen molar-refractivity contribution in [2.45, 2.75) is 70.4 Å². The number of rotatable bonds is 5. The van der Waals surface area contributed by atoms with E-state index in [1.54, 1.807) is 9.47 Å². The highest BCUT2D eigenvalue weighted by Crippen LogP contribution is 2.31. The van der Waals surface area contributed by atoms with E-state index in [1.807, 2.05) is 52.0 Å². The summed E-state index contributed by atoms with van der Waals surface area (Å²) in [6.07, 6.45) is 1.02. The SMILES string of the molecule is C[C@H]1CN(C(=O)OC(C)(C)C)[C@H](c2ccc(-n3c(Cl)cc4c(=O)n(CC5(O)CCN(C(=O)c6cccc(F)c6F)CC5)cnc43)cc2)CO1. The van der Waals surface area contributed by atoms with E-state index in [0.29, 0.717) is 24.5 Å². The molecule has 0 aliphatic carbocycles. The number of likely N-dealkylation sites (tertiary alicyclic amines) is 1. The number of nitrogens with zero attached hydrogens (tertiary/aromatic N) is 5. The van der Waals surface area contributed by atoms with Crippen LogP contribution in [0.15, 0.2) is 59.7 Å². The maximum absolute atomic E-state index is 14.2. The van der Waals surface area contributed by atoms with Gasteiger partial charge in [0.15, 0.2) is 17.3 Å². The van der Waals surface area contributed by atoms with E-state index in [1.165, 1.54) is 34.0 Å². The number of aliphatic hydroxyl groups is 1. The summed E-state index contributed by atoms with van der Waals surface area (Å²) in [6, 6.07) is 12.0. The predicted octanol–water partition coefficient (Wildman–Crippen LogP) is 5.48. The molecule has 14 heteroatoms. The number of fused-ring (bicyclic) bond motifs is 1. The number of morpholine rings is 1. The number of piperidine rings is 1. The Morgan fingerprint density at radius 2 is 1.82 bits per heavy atom. The summed E-state index contributed by atoms with van der Waals surface area (Å²) < 4.78 is 42.3. The van der Waals surface area contributed by atoms with Crippen LogP contribution in [-0.4, -0.2) is 84.6 Å². The van der Waals surface area contributed by atoms with Gasteiger partial charge in [0.25, 0.3) is 11.5 Å². The van der Waals surface area contributed by atoms with Crippen molar-refractivity contribution in [1.29, 1.82) is 0 Å². The summed E-state index contributed by atoms with van der Waals surface area (Å²) >= 11 is 6.64. The molecule has 2 fully saturated rings. The summed E-state index contributed by atoms with van der Waals surface area (Å²) in [7, 11) is 0. The second-order valence-electron chi connectivity index (χ2n) is 13.7. The molecule has 2 aromatic carbocycles. The Labute approximate surface area is 286 Å². The lowest BCUT2D eigenvalue weighted by atomic mass is 9.91. The Hall–Kier alpha value is -4.33. The lowest BCUT2D eigenvalue weighted by Gasteiger charge is -2.39. The molecule has 0 saturated carbocycles. The molecule has 2 aliphatic heterocycles. The highest BCUT2D eigenvalue weighted by molar-refractivity contribution is 6.31. The minimum atomic E-state index is -1.34. The van der Waals surface area contributed by atoms with E-state index in [4.69, 9.17) is 21.1 Å². The zero-order chi connectivity index (χ0) is 35.2. The summed E-state index contributed by atoms with van der Waals surface area (Å²) in [6.45, 7) is 8.16. The van der Waals surface area contributed by atoms with Crippen molar-refractivity contribution in [2.75, 3.05) is 26.2 Å². The Morgan fingerprint density at radius 3 is 2.49 bits per heavy atom. The van der Waals surface area contributed by atoms with Gasteiger partial charge in [-0.15, -0.1) is 0 Å². The predicted molar refractivity (Wildman–Crippen MR) is 178 cm³/mol. The fourth-order valence-electron chi connectivity index (χ4n) is 6.33. The van der Waals surface area contributed by atoms with Crippen LogP contribution in [0, 0.1) is 11.6 Å². The van der Waals surface area contributed by atoms with Crippen molar-refractivity contribution in [3.63, 3.8) is 0 Å². The van der Waals surface area contributed by atoms with Crippen molar-refractivity contribution in [3.8, 4) is 5.69 Å². The van der Waals surface area contributed by atoms with Gasteiger partial charge in [0.1, 0.15) is 17.1 Å². The van der Waals surface area contributed by atoms with E-state index >= 15 is 0 Å². The third-order valence-electron chi connectivity index (χ3n) is 8.90. The van der Waals surface area contributed by atoms with E-state index in [9.17, 15) is 28.3 Å². The monoisotopic (exact) mass is 697 g/mol. The quantitative estimate of drug-likeness (QED) is 0.293. The molecule has 4 aromatic rings. The van der Waals surface area contributed by atoms with Gasteiger partial charge in [-0.25, -0.2) is 18.6 Å². The van der Waals surface area contributed by atoms with Crippen LogP contribution >= 0.6 is 11.6 Å². The number of carbonyl (C=O) groups excluding carboxylic acids is 2. The van der Waals surface area contributed by atoms with Crippen molar-refractivity contribution in [3.05, 3.63) is 93.1 Å². The fraction of sp³-hybridized carbons (Fsp3) is 0.429. The van der Waals surface area contributed by atoms with Gasteiger partial charge in [0, 0.05) is 18.8 Å². The first-order chi connectivity index (χ1) is 23.1. The zero-order valence-corrected chi connectivity index (χ0v) is 28.4. The highest BCUT2D eigenvalue weighted by Gasteiger charge is 2.37. The van der Waals surface area contributed by atoms with Crippen LogP contribution in [-0.2, 0) is 16.0 Å². The van der Waals surface area contributed by atoms with Crippen molar-refractivity contribution < 1.29 is 33.0 Å². The lowest BCUT2D eigenvalue weighted by Crippen LogP contribution is -2.49. The van der Waals surface area contributed by atoms with Crippen molar-refractivity contribution in [1.82, 2.24) is 23.9 Å². The molecule has 11 nitrogen and oxygen atoms in total. The molecule has 2 aliphatic rings. The van der Waals surface area contributed by atoms with Gasteiger partial charge in [-0.2, -0.15) is 0 Å². The number of benzene rings is 2. The van der Waals surface area contributed by atoms with Gasteiger partial charge in [0.05, 0.1) is 48.4 Å². The molecule has 2 saturated heterocycles. The number of hydrogen-bond donors (Lipinski definition) is 1. The molecule has 6 rings (SSSR count). The normalized spacial score (nSPS) is 19.7. The molecule has 0 bridgehead atoms. The van der Waals surface area contributed by atoms with Crippen LogP contribution in [0.5, 0.6) is 0 Å². The largest absolute Gasteiger partial charge is 0.444 e. The molecule has 0 spiro atoms. The zero-order valence-electron chi connectivity index (χ0n) is 27.7. The Kier molecular flexibility index (Phi) is 9.29. The van der Waals surface area contributed by atoms with Gasteiger partial charge < -0.3 is 19.5 Å². The Balaban J connectivity index is 1.18. The number of amides is 2. The number of hydrogen-bond acceptors (Lipinski definition) is 7. The molecule has 1 N–H and O–H groups in total. The molecule has 49 heavy (non-hydrogen) atoms. The fourth-order valence-corrected chi connectivity index (χ4v) is 6.62. The average molecular weight is 698 g/mol. The summed E-state index contributed by atoms with van der Waals surface area (Å²) in [5.74, 6) is -2.98. The molecule has 2 aromatic heterocycles. The molecule has 2 atom stereocenters. The molecular formula is C35H38ClF2N5O6. The Bertz CT molecular complexity index is 1950. The topological polar surface area (TPSA) is 119 Å². The third-order valence-corrected chi connectivity index (χ3v) is 9.18. The first kappa shape index (κ1) is 34.5. The number of halogens is 3. The van der Waals surface area contributed by atoms with E-state index < -0.39 is 40.4 Å². The van der Waals surface area contributed by atoms with Crippen LogP contribution in [0.2, 0.25) is 5.15 Å². The average Bonchev–Trinajstić information content (AvgIpc) is 3.39. The molecule has 4 heterocycles. The van der Waals surface area contributed by atoms with Crippen LogP contribution in [0.3, 0.4) is 0 Å². The minimum absolute atomic E-state index is 0.0845. The molecule has 0 radical (unpaired) electrons. The van der Waals surface area contributed by atoms with Gasteiger partial charge in [0.2, 0.25) is 0 Å². The van der Waals surface area contributed by atoms with Gasteiger partial charge in [-0.05, 0) is 76.4 Å². The third kappa shape index (κ3) is 7.06. The van der Waals surface area contributed by atoms with Gasteiger partial charge in [-0.3, -0.25) is 23.6 Å². The Morgan fingerprint density at radius 1 is 1.12 bits per heavy atom. The molecular weight excluding hydrogens is 660 g/mol. The van der Waals surface area contributed by atoms with Gasteiger partial charge in [-0.1, -0.05) is 29.8 Å². The molecule has 2 amide bonds. The van der Waals surface area contributed by atoms with Crippen LogP contribution in [0.4, 0.5) is 13.6 Å². The van der Waals surface area contributed by atoms with Crippen LogP contribution in [0.1, 0.15) is 62.5 Å². The van der Waals surface area contributed by atoms with E-state index in [-0.39, 0.29) is 60.7 Å². The molecule has 260 valence electrons. The standard InChI is InChI=1S/C35H38ClF2N5O6/c1-21-17-42(33(46)49-34(2,3)4)27(18-48-21)22-8-10-23(11-9-22)43-28(36)16-25-30(43)39-20-41(32(25)45)19-35(47)12-14-40(15-13-35)31(44)24-6-5-7-26(37)29(24)38/h5-11,16,20-21,27,47H,12-15,17-19H2,1-4H3/t21-,27-/m0/s1. The maximum atomic E-state index is 14.2. The van der Waals surface area contributed by atoms with Crippen LogP contribution < -0.4 is 5.56 Å². The number of ether oxygens (including phenoxy) is 2. The van der Waals surface area contributed by atoms with Gasteiger partial charge >= 0.3 is 6.09 Å². The van der Waals surface area contributed by atoms with E-state index in [0.717, 1.165) is 11.6 Å².